The number of hydrogen-bond acceptors (Lipinski definition) is 10. The van der Waals surface area contributed by atoms with E-state index in [9.17, 15) is 14.5 Å². The average Bonchev–Trinajstić information content (AvgIpc) is 3.45. The van der Waals surface area contributed by atoms with Crippen molar-refractivity contribution in [3.63, 3.8) is 0 Å². The number of para-hydroxylation sites is 1. The molecule has 48 heavy (non-hydrogen) atoms. The Morgan fingerprint density at radius 1 is 1.00 bits per heavy atom. The van der Waals surface area contributed by atoms with E-state index in [0.29, 0.717) is 53.0 Å². The minimum Gasteiger partial charge on any atom is -0.462 e. The monoisotopic (exact) mass is 677 g/mol. The molecule has 5 rings (SSSR count). The van der Waals surface area contributed by atoms with Crippen molar-refractivity contribution in [2.45, 2.75) is 78.4 Å². The fourth-order valence-electron chi connectivity index (χ4n) is 5.78. The molecule has 3 atom stereocenters. The average molecular weight is 678 g/mol. The number of esters is 1. The first kappa shape index (κ1) is 35.3. The second kappa shape index (κ2) is 15.0. The summed E-state index contributed by atoms with van der Waals surface area (Å²) in [6.07, 6.45) is 0.512. The Kier molecular flexibility index (Phi) is 11.0. The topological polar surface area (TPSA) is 160 Å². The van der Waals surface area contributed by atoms with E-state index in [1.165, 1.54) is 6.92 Å². The van der Waals surface area contributed by atoms with Crippen molar-refractivity contribution in [2.75, 3.05) is 18.9 Å². The van der Waals surface area contributed by atoms with Crippen LogP contribution in [-0.2, 0) is 35.7 Å². The highest BCUT2D eigenvalue weighted by atomic mass is 31.2. The molecule has 0 unspecified atom stereocenters. The molecule has 0 bridgehead atoms. The second-order valence-corrected chi connectivity index (χ2v) is 13.6. The van der Waals surface area contributed by atoms with Gasteiger partial charge in [0, 0.05) is 23.8 Å². The maximum atomic E-state index is 14.5. The van der Waals surface area contributed by atoms with Gasteiger partial charge in [-0.25, -0.2) is 14.5 Å². The van der Waals surface area contributed by atoms with Crippen LogP contribution in [0.2, 0.25) is 0 Å². The second-order valence-electron chi connectivity index (χ2n) is 11.9. The summed E-state index contributed by atoms with van der Waals surface area (Å²) in [6.45, 7) is 9.16. The summed E-state index contributed by atoms with van der Waals surface area (Å²) < 4.78 is 39.5. The van der Waals surface area contributed by atoms with Gasteiger partial charge in [0.1, 0.15) is 35.5 Å². The van der Waals surface area contributed by atoms with E-state index in [2.05, 4.69) is 10.1 Å². The number of nitrogens with two attached hydrogens (primary N) is 1. The Labute approximate surface area is 280 Å². The zero-order valence-electron chi connectivity index (χ0n) is 28.0. The smallest absolute Gasteiger partial charge is 0.459 e. The lowest BCUT2D eigenvalue weighted by Crippen LogP contribution is -2.38. The van der Waals surface area contributed by atoms with Crippen LogP contribution in [0, 0.1) is 0 Å². The van der Waals surface area contributed by atoms with Crippen molar-refractivity contribution in [3.8, 4) is 5.75 Å². The lowest BCUT2D eigenvalue weighted by molar-refractivity contribution is -0.149. The van der Waals surface area contributed by atoms with Crippen molar-refractivity contribution in [3.05, 3.63) is 72.6 Å². The van der Waals surface area contributed by atoms with E-state index in [4.69, 9.17) is 29.2 Å². The molecule has 0 amide bonds. The first-order chi connectivity index (χ1) is 23.0. The van der Waals surface area contributed by atoms with Crippen molar-refractivity contribution >= 4 is 52.2 Å². The number of rotatable bonds is 16. The molecule has 3 aromatic carbocycles. The SMILES string of the molecule is CCC[C@](O)(CCO[P@@](=O)(N[C@@H](C)C(=O)OC(C)C)Oc1cccc2ccccc12)n1c(COCC)nc2c(N)nc3ccccc3c21. The predicted octanol–water partition coefficient (Wildman–Crippen LogP) is 6.83. The molecule has 2 heterocycles. The molecule has 0 aliphatic heterocycles. The van der Waals surface area contributed by atoms with Crippen LogP contribution in [0.3, 0.4) is 0 Å². The van der Waals surface area contributed by atoms with Crippen LogP contribution in [-0.4, -0.2) is 51.0 Å². The Hall–Kier alpha value is -4.06. The molecule has 0 spiro atoms. The van der Waals surface area contributed by atoms with E-state index < -0.39 is 25.5 Å². The van der Waals surface area contributed by atoms with Gasteiger partial charge >= 0.3 is 13.7 Å². The number of benzene rings is 3. The minimum absolute atomic E-state index is 0.0165. The van der Waals surface area contributed by atoms with Crippen LogP contribution >= 0.6 is 7.75 Å². The van der Waals surface area contributed by atoms with Crippen LogP contribution in [0.5, 0.6) is 5.75 Å². The van der Waals surface area contributed by atoms with Gasteiger partial charge in [-0.15, -0.1) is 0 Å². The van der Waals surface area contributed by atoms with Gasteiger partial charge in [-0.1, -0.05) is 67.9 Å². The molecule has 4 N–H and O–H groups in total. The molecule has 0 saturated heterocycles. The normalized spacial score (nSPS) is 15.1. The maximum Gasteiger partial charge on any atom is 0.459 e. The molecular weight excluding hydrogens is 633 g/mol. The molecule has 256 valence electrons. The fourth-order valence-corrected chi connectivity index (χ4v) is 7.29. The highest BCUT2D eigenvalue weighted by Crippen LogP contribution is 2.47. The number of aliphatic hydroxyl groups is 1. The Balaban J connectivity index is 1.52. The van der Waals surface area contributed by atoms with Crippen LogP contribution in [0.1, 0.15) is 59.7 Å². The first-order valence-corrected chi connectivity index (χ1v) is 17.8. The molecular formula is C35H44N5O7P. The standard InChI is InChI=1S/C35H44N5O7P/c1-6-19-35(42,40-30(22-44-7-2)38-31-32(40)27-16-10-11-17-28(27)37-33(31)36)20-21-45-48(43,39-24(5)34(41)46-23(3)4)47-29-18-12-14-25-13-8-9-15-26(25)29/h8-18,23-24,42H,6-7,19-22H2,1-5H3,(H2,36,37)(H,39,43)/t24-,35-,48-/m0/s1. The third kappa shape index (κ3) is 7.64. The number of nitrogens with zero attached hydrogens (tertiary/aromatic N) is 3. The number of nitrogen functional groups attached to an aromatic ring is 1. The molecule has 0 aliphatic rings. The largest absolute Gasteiger partial charge is 0.462 e. The number of carbonyl (C=O) groups excluding carboxylic acids is 1. The van der Waals surface area contributed by atoms with E-state index in [-0.39, 0.29) is 31.6 Å². The minimum atomic E-state index is -4.25. The number of carbonyl (C=O) groups is 1. The Bertz CT molecular complexity index is 1940. The molecule has 0 fully saturated rings. The summed E-state index contributed by atoms with van der Waals surface area (Å²) >= 11 is 0. The third-order valence-electron chi connectivity index (χ3n) is 7.88. The molecule has 0 saturated carbocycles. The molecule has 12 nitrogen and oxygen atoms in total. The number of aromatic nitrogens is 3. The number of nitrogens with one attached hydrogen (secondary N) is 1. The van der Waals surface area contributed by atoms with Gasteiger partial charge in [0.25, 0.3) is 0 Å². The van der Waals surface area contributed by atoms with Crippen LogP contribution in [0.15, 0.2) is 66.7 Å². The van der Waals surface area contributed by atoms with Crippen molar-refractivity contribution in [1.82, 2.24) is 19.6 Å². The van der Waals surface area contributed by atoms with Gasteiger partial charge in [0.2, 0.25) is 0 Å². The number of fused-ring (bicyclic) bond motifs is 4. The Morgan fingerprint density at radius 2 is 1.71 bits per heavy atom. The predicted molar refractivity (Wildman–Crippen MR) is 186 cm³/mol. The number of hydrogen-bond donors (Lipinski definition) is 3. The van der Waals surface area contributed by atoms with Gasteiger partial charge in [-0.05, 0) is 51.6 Å². The molecule has 5 aromatic rings. The lowest BCUT2D eigenvalue weighted by atomic mass is 10.0. The summed E-state index contributed by atoms with van der Waals surface area (Å²) in [5.74, 6) is 0.397. The summed E-state index contributed by atoms with van der Waals surface area (Å²) in [6, 6.07) is 19.4. The van der Waals surface area contributed by atoms with Gasteiger partial charge in [-0.2, -0.15) is 5.09 Å². The zero-order valence-corrected chi connectivity index (χ0v) is 28.9. The van der Waals surface area contributed by atoms with Gasteiger partial charge in [0.05, 0.1) is 23.7 Å². The third-order valence-corrected chi connectivity index (χ3v) is 9.54. The highest BCUT2D eigenvalue weighted by Gasteiger charge is 2.37. The summed E-state index contributed by atoms with van der Waals surface area (Å²) in [4.78, 5) is 22.1. The van der Waals surface area contributed by atoms with Crippen LogP contribution in [0.25, 0.3) is 32.7 Å². The summed E-state index contributed by atoms with van der Waals surface area (Å²) in [5.41, 5.74) is 6.53. The first-order valence-electron chi connectivity index (χ1n) is 16.2. The van der Waals surface area contributed by atoms with Crippen molar-refractivity contribution in [1.29, 1.82) is 0 Å². The van der Waals surface area contributed by atoms with Gasteiger partial charge < -0.3 is 24.8 Å². The van der Waals surface area contributed by atoms with Gasteiger partial charge in [0.15, 0.2) is 5.82 Å². The quantitative estimate of drug-likeness (QED) is 0.0742. The summed E-state index contributed by atoms with van der Waals surface area (Å²) in [5, 5.41) is 17.6. The van der Waals surface area contributed by atoms with Crippen LogP contribution < -0.4 is 15.3 Å². The summed E-state index contributed by atoms with van der Waals surface area (Å²) in [7, 11) is -4.25. The molecule has 0 radical (unpaired) electrons. The molecule has 2 aromatic heterocycles. The van der Waals surface area contributed by atoms with Gasteiger partial charge in [-0.3, -0.25) is 13.9 Å². The zero-order chi connectivity index (χ0) is 34.5. The van der Waals surface area contributed by atoms with E-state index in [0.717, 1.165) is 10.8 Å². The number of ether oxygens (including phenoxy) is 2. The number of pyridine rings is 1. The fraction of sp³-hybridized carbons (Fsp3) is 0.400. The molecule has 0 aliphatic carbocycles. The van der Waals surface area contributed by atoms with E-state index >= 15 is 0 Å². The number of anilines is 1. The van der Waals surface area contributed by atoms with Crippen molar-refractivity contribution in [2.24, 2.45) is 0 Å². The highest BCUT2D eigenvalue weighted by molar-refractivity contribution is 7.52. The van der Waals surface area contributed by atoms with E-state index in [1.807, 2.05) is 68.4 Å². The number of imidazole rings is 1. The lowest BCUT2D eigenvalue weighted by Gasteiger charge is -2.33. The molecule has 13 heteroatoms. The Morgan fingerprint density at radius 3 is 2.44 bits per heavy atom. The van der Waals surface area contributed by atoms with Crippen LogP contribution in [0.4, 0.5) is 5.82 Å². The van der Waals surface area contributed by atoms with E-state index in [1.54, 1.807) is 30.5 Å². The maximum absolute atomic E-state index is 14.5. The van der Waals surface area contributed by atoms with Crippen molar-refractivity contribution < 1.29 is 33.0 Å².